The number of rotatable bonds is 6. The van der Waals surface area contributed by atoms with Crippen molar-refractivity contribution in [1.82, 2.24) is 9.97 Å². The van der Waals surface area contributed by atoms with E-state index in [1.165, 1.54) is 0 Å². The Morgan fingerprint density at radius 1 is 1.07 bits per heavy atom. The number of hydrogen-bond donors (Lipinski definition) is 2. The normalized spacial score (nSPS) is 10.4. The number of ether oxygens (including phenoxy) is 1. The molecule has 3 aromatic rings. The van der Waals surface area contributed by atoms with Crippen LogP contribution in [0.15, 0.2) is 48.5 Å². The summed E-state index contributed by atoms with van der Waals surface area (Å²) < 4.78 is 5.44. The summed E-state index contributed by atoms with van der Waals surface area (Å²) in [7, 11) is 0. The maximum Gasteiger partial charge on any atom is 0.274 e. The second-order valence-electron chi connectivity index (χ2n) is 6.18. The summed E-state index contributed by atoms with van der Waals surface area (Å²) in [6, 6.07) is 14.4. The van der Waals surface area contributed by atoms with E-state index in [1.807, 2.05) is 38.1 Å². The second-order valence-corrected chi connectivity index (χ2v) is 6.62. The van der Waals surface area contributed by atoms with E-state index >= 15 is 0 Å². The summed E-state index contributed by atoms with van der Waals surface area (Å²) in [5, 5.41) is 6.67. The van der Waals surface area contributed by atoms with Gasteiger partial charge < -0.3 is 15.4 Å². The number of carbonyl (C=O) groups excluding carboxylic acids is 1. The van der Waals surface area contributed by atoms with Crippen molar-refractivity contribution in [2.45, 2.75) is 20.8 Å². The minimum Gasteiger partial charge on any atom is -0.494 e. The van der Waals surface area contributed by atoms with Gasteiger partial charge >= 0.3 is 0 Å². The lowest BCUT2D eigenvalue weighted by molar-refractivity contribution is 0.102. The summed E-state index contributed by atoms with van der Waals surface area (Å²) >= 11 is 5.97. The molecule has 0 bridgehead atoms. The summed E-state index contributed by atoms with van der Waals surface area (Å²) in [5.74, 6) is 1.51. The quantitative estimate of drug-likeness (QED) is 0.603. The maximum absolute atomic E-state index is 12.6. The van der Waals surface area contributed by atoms with Crippen LogP contribution in [-0.4, -0.2) is 22.5 Å². The number of nitrogens with one attached hydrogen (secondary N) is 2. The zero-order valence-electron chi connectivity index (χ0n) is 15.9. The lowest BCUT2D eigenvalue weighted by atomic mass is 10.2. The fourth-order valence-corrected chi connectivity index (χ4v) is 2.88. The molecule has 0 unspecified atom stereocenters. The predicted octanol–water partition coefficient (Wildman–Crippen LogP) is 5.14. The number of halogens is 1. The maximum atomic E-state index is 12.6. The van der Waals surface area contributed by atoms with Crippen molar-refractivity contribution in [2.24, 2.45) is 0 Å². The average molecular weight is 397 g/mol. The molecule has 1 amide bonds. The van der Waals surface area contributed by atoms with Crippen LogP contribution in [-0.2, 0) is 0 Å². The molecule has 0 aliphatic heterocycles. The fourth-order valence-electron chi connectivity index (χ4n) is 2.65. The topological polar surface area (TPSA) is 76.1 Å². The molecule has 7 heteroatoms. The first-order valence-electron chi connectivity index (χ1n) is 8.87. The molecule has 0 spiro atoms. The van der Waals surface area contributed by atoms with E-state index in [2.05, 4.69) is 20.6 Å². The van der Waals surface area contributed by atoms with Gasteiger partial charge in [-0.25, -0.2) is 9.97 Å². The lowest BCUT2D eigenvalue weighted by Gasteiger charge is -2.11. The summed E-state index contributed by atoms with van der Waals surface area (Å²) in [6.45, 7) is 6.18. The van der Waals surface area contributed by atoms with Gasteiger partial charge in [0.05, 0.1) is 6.61 Å². The van der Waals surface area contributed by atoms with Crippen LogP contribution in [0.2, 0.25) is 5.02 Å². The van der Waals surface area contributed by atoms with Crippen molar-refractivity contribution in [2.75, 3.05) is 17.2 Å². The minimum absolute atomic E-state index is 0.273. The molecule has 0 saturated carbocycles. The van der Waals surface area contributed by atoms with Gasteiger partial charge in [-0.2, -0.15) is 0 Å². The van der Waals surface area contributed by atoms with Crippen LogP contribution >= 0.6 is 11.6 Å². The molecule has 1 heterocycles. The molecule has 0 radical (unpaired) electrons. The highest BCUT2D eigenvalue weighted by atomic mass is 35.5. The standard InChI is InChI=1S/C21H21ClN4O2/c1-4-28-17-8-6-16(7-9-17)25-20-12-19(23-14(3)24-20)21(27)26-18-10-5-15(22)11-13(18)2/h5-12H,4H2,1-3H3,(H,26,27)(H,23,24,25). The van der Waals surface area contributed by atoms with E-state index in [1.54, 1.807) is 31.2 Å². The summed E-state index contributed by atoms with van der Waals surface area (Å²) in [4.78, 5) is 21.2. The molecule has 0 atom stereocenters. The lowest BCUT2D eigenvalue weighted by Crippen LogP contribution is -2.16. The smallest absolute Gasteiger partial charge is 0.274 e. The van der Waals surface area contributed by atoms with Crippen molar-refractivity contribution >= 4 is 34.7 Å². The van der Waals surface area contributed by atoms with Crippen molar-refractivity contribution in [3.8, 4) is 5.75 Å². The number of nitrogens with zero attached hydrogens (tertiary/aromatic N) is 2. The van der Waals surface area contributed by atoms with Gasteiger partial charge in [-0.15, -0.1) is 0 Å². The van der Waals surface area contributed by atoms with Crippen LogP contribution in [0.25, 0.3) is 0 Å². The molecule has 0 aliphatic carbocycles. The van der Waals surface area contributed by atoms with Gasteiger partial charge in [0.1, 0.15) is 23.1 Å². The average Bonchev–Trinajstić information content (AvgIpc) is 2.65. The molecule has 0 saturated heterocycles. The zero-order valence-corrected chi connectivity index (χ0v) is 16.7. The van der Waals surface area contributed by atoms with E-state index < -0.39 is 0 Å². The van der Waals surface area contributed by atoms with Crippen LogP contribution in [0.5, 0.6) is 5.75 Å². The molecular formula is C21H21ClN4O2. The molecule has 1 aromatic heterocycles. The van der Waals surface area contributed by atoms with Crippen LogP contribution in [0.3, 0.4) is 0 Å². The summed E-state index contributed by atoms with van der Waals surface area (Å²) in [6.07, 6.45) is 0. The molecule has 2 aromatic carbocycles. The zero-order chi connectivity index (χ0) is 20.1. The summed E-state index contributed by atoms with van der Waals surface area (Å²) in [5.41, 5.74) is 2.67. The van der Waals surface area contributed by atoms with Crippen molar-refractivity contribution in [3.63, 3.8) is 0 Å². The van der Waals surface area contributed by atoms with Gasteiger partial charge in [0.25, 0.3) is 5.91 Å². The highest BCUT2D eigenvalue weighted by Crippen LogP contribution is 2.22. The third-order valence-electron chi connectivity index (χ3n) is 3.94. The monoisotopic (exact) mass is 396 g/mol. The molecule has 28 heavy (non-hydrogen) atoms. The molecule has 0 fully saturated rings. The molecular weight excluding hydrogens is 376 g/mol. The Hall–Kier alpha value is -3.12. The Balaban J connectivity index is 1.77. The van der Waals surface area contributed by atoms with Crippen molar-refractivity contribution < 1.29 is 9.53 Å². The molecule has 0 aliphatic rings. The Morgan fingerprint density at radius 2 is 1.82 bits per heavy atom. The number of aryl methyl sites for hydroxylation is 2. The van der Waals surface area contributed by atoms with Crippen LogP contribution in [0.4, 0.5) is 17.2 Å². The van der Waals surface area contributed by atoms with Gasteiger partial charge in [0.15, 0.2) is 0 Å². The first-order chi connectivity index (χ1) is 13.4. The molecule has 144 valence electrons. The highest BCUT2D eigenvalue weighted by Gasteiger charge is 2.12. The van der Waals surface area contributed by atoms with E-state index in [-0.39, 0.29) is 11.6 Å². The number of aromatic nitrogens is 2. The Bertz CT molecular complexity index is 990. The van der Waals surface area contributed by atoms with Gasteiger partial charge in [0.2, 0.25) is 0 Å². The third kappa shape index (κ3) is 4.98. The van der Waals surface area contributed by atoms with Gasteiger partial charge in [-0.1, -0.05) is 11.6 Å². The number of carbonyl (C=O) groups is 1. The van der Waals surface area contributed by atoms with Crippen molar-refractivity contribution in [1.29, 1.82) is 0 Å². The van der Waals surface area contributed by atoms with E-state index in [0.29, 0.717) is 29.0 Å². The van der Waals surface area contributed by atoms with Crippen LogP contribution in [0, 0.1) is 13.8 Å². The first-order valence-corrected chi connectivity index (χ1v) is 9.25. The number of hydrogen-bond acceptors (Lipinski definition) is 5. The Morgan fingerprint density at radius 3 is 2.50 bits per heavy atom. The molecule has 2 N–H and O–H groups in total. The van der Waals surface area contributed by atoms with Gasteiger partial charge in [-0.05, 0) is 68.8 Å². The van der Waals surface area contributed by atoms with Crippen LogP contribution < -0.4 is 15.4 Å². The highest BCUT2D eigenvalue weighted by molar-refractivity contribution is 6.30. The molecule has 6 nitrogen and oxygen atoms in total. The fraction of sp³-hybridized carbons (Fsp3) is 0.190. The Kier molecular flexibility index (Phi) is 6.11. The van der Waals surface area contributed by atoms with E-state index in [4.69, 9.17) is 16.3 Å². The van der Waals surface area contributed by atoms with E-state index in [0.717, 1.165) is 17.0 Å². The minimum atomic E-state index is -0.314. The predicted molar refractivity (Wildman–Crippen MR) is 112 cm³/mol. The van der Waals surface area contributed by atoms with Crippen LogP contribution in [0.1, 0.15) is 28.8 Å². The Labute approximate surface area is 168 Å². The SMILES string of the molecule is CCOc1ccc(Nc2cc(C(=O)Nc3ccc(Cl)cc3C)nc(C)n2)cc1. The van der Waals surface area contributed by atoms with Crippen molar-refractivity contribution in [3.05, 3.63) is 70.6 Å². The van der Waals surface area contributed by atoms with E-state index in [9.17, 15) is 4.79 Å². The number of amides is 1. The number of anilines is 3. The van der Waals surface area contributed by atoms with Gasteiger partial charge in [0, 0.05) is 22.5 Å². The largest absolute Gasteiger partial charge is 0.494 e. The first kappa shape index (κ1) is 19.6. The van der Waals surface area contributed by atoms with Gasteiger partial charge in [-0.3, -0.25) is 4.79 Å². The second kappa shape index (κ2) is 8.71. The molecule has 3 rings (SSSR count). The third-order valence-corrected chi connectivity index (χ3v) is 4.18. The number of benzene rings is 2.